The molecule has 0 bridgehead atoms. The number of hydrogen-bond acceptors (Lipinski definition) is 2. The zero-order valence-electron chi connectivity index (χ0n) is 5.28. The summed E-state index contributed by atoms with van der Waals surface area (Å²) in [5.41, 5.74) is 9.73. The van der Waals surface area contributed by atoms with Crippen LogP contribution >= 0.6 is 0 Å². The fourth-order valence-corrected chi connectivity index (χ4v) is 0.758. The number of amides is 4. The number of nitrogens with zero attached hydrogens (tertiary/aromatic N) is 2. The predicted molar refractivity (Wildman–Crippen MR) is 32.6 cm³/mol. The molecule has 4 N–H and O–H groups in total. The molecule has 1 rings (SSSR count). The maximum Gasteiger partial charge on any atom is 0.333 e. The van der Waals surface area contributed by atoms with Crippen LogP contribution in [-0.4, -0.2) is 35.2 Å². The number of urea groups is 2. The van der Waals surface area contributed by atoms with Crippen LogP contribution in [0.4, 0.5) is 9.59 Å². The van der Waals surface area contributed by atoms with Crippen LogP contribution in [0.25, 0.3) is 0 Å². The van der Waals surface area contributed by atoms with E-state index in [-0.39, 0.29) is 0 Å². The second kappa shape index (κ2) is 2.05. The van der Waals surface area contributed by atoms with Gasteiger partial charge in [0.1, 0.15) is 0 Å². The average Bonchev–Trinajstić information content (AvgIpc) is 1.56. The van der Waals surface area contributed by atoms with Crippen LogP contribution in [0.1, 0.15) is 0 Å². The molecule has 0 aromatic rings. The van der Waals surface area contributed by atoms with Crippen LogP contribution in [-0.2, 0) is 0 Å². The molecule has 0 radical (unpaired) electrons. The molecule has 0 aromatic heterocycles. The first-order valence-electron chi connectivity index (χ1n) is 2.77. The standard InChI is InChI=1S/C4H8N4O2/c5-3(9)7-1-2-8(7)4(6)10/h1-2H2,(H2,5,9)(H2,6,10). The van der Waals surface area contributed by atoms with Crippen LogP contribution in [0.15, 0.2) is 0 Å². The summed E-state index contributed by atoms with van der Waals surface area (Å²) in [4.78, 5) is 20.8. The number of rotatable bonds is 0. The van der Waals surface area contributed by atoms with E-state index < -0.39 is 12.1 Å². The Hall–Kier alpha value is -1.46. The fourth-order valence-electron chi connectivity index (χ4n) is 0.758. The Bertz CT molecular complexity index is 160. The monoisotopic (exact) mass is 144 g/mol. The third-order valence-corrected chi connectivity index (χ3v) is 1.32. The minimum Gasteiger partial charge on any atom is -0.350 e. The van der Waals surface area contributed by atoms with Crippen molar-refractivity contribution in [3.63, 3.8) is 0 Å². The Morgan fingerprint density at radius 3 is 1.40 bits per heavy atom. The summed E-state index contributed by atoms with van der Waals surface area (Å²) in [6.07, 6.45) is 0. The first-order valence-corrected chi connectivity index (χ1v) is 2.77. The zero-order chi connectivity index (χ0) is 7.72. The Balaban J connectivity index is 2.51. The minimum atomic E-state index is -0.648. The molecule has 0 saturated carbocycles. The molecule has 0 aromatic carbocycles. The van der Waals surface area contributed by atoms with Crippen LogP contribution in [0.3, 0.4) is 0 Å². The van der Waals surface area contributed by atoms with Gasteiger partial charge in [-0.3, -0.25) is 0 Å². The van der Waals surface area contributed by atoms with Gasteiger partial charge in [-0.2, -0.15) is 0 Å². The first-order chi connectivity index (χ1) is 4.63. The highest BCUT2D eigenvalue weighted by Gasteiger charge is 2.30. The molecule has 56 valence electrons. The average molecular weight is 144 g/mol. The quantitative estimate of drug-likeness (QED) is 0.441. The number of carbonyl (C=O) groups excluding carboxylic acids is 2. The van der Waals surface area contributed by atoms with Gasteiger partial charge in [-0.15, -0.1) is 0 Å². The van der Waals surface area contributed by atoms with E-state index in [1.165, 1.54) is 0 Å². The van der Waals surface area contributed by atoms with Gasteiger partial charge in [-0.25, -0.2) is 19.6 Å². The van der Waals surface area contributed by atoms with E-state index in [9.17, 15) is 9.59 Å². The van der Waals surface area contributed by atoms with E-state index in [0.29, 0.717) is 13.1 Å². The second-order valence-corrected chi connectivity index (χ2v) is 1.92. The first kappa shape index (κ1) is 6.66. The van der Waals surface area contributed by atoms with Gasteiger partial charge in [-0.05, 0) is 0 Å². The Kier molecular flexibility index (Phi) is 1.37. The SMILES string of the molecule is NC(=O)N1CCN1C(N)=O. The van der Waals surface area contributed by atoms with E-state index in [4.69, 9.17) is 11.5 Å². The molecule has 1 heterocycles. The summed E-state index contributed by atoms with van der Waals surface area (Å²) in [5, 5.41) is 2.17. The Morgan fingerprint density at radius 2 is 1.30 bits per heavy atom. The molecule has 1 aliphatic heterocycles. The lowest BCUT2D eigenvalue weighted by Gasteiger charge is -2.40. The van der Waals surface area contributed by atoms with Gasteiger partial charge in [0.2, 0.25) is 0 Å². The van der Waals surface area contributed by atoms with E-state index in [1.807, 2.05) is 0 Å². The van der Waals surface area contributed by atoms with Gasteiger partial charge in [0.05, 0.1) is 13.1 Å². The molecule has 6 nitrogen and oxygen atoms in total. The molecule has 1 fully saturated rings. The van der Waals surface area contributed by atoms with Gasteiger partial charge in [-0.1, -0.05) is 0 Å². The zero-order valence-corrected chi connectivity index (χ0v) is 5.28. The smallest absolute Gasteiger partial charge is 0.333 e. The fraction of sp³-hybridized carbons (Fsp3) is 0.500. The van der Waals surface area contributed by atoms with Crippen molar-refractivity contribution in [3.05, 3.63) is 0 Å². The number of primary amides is 2. The molecule has 0 spiro atoms. The normalized spacial score (nSPS) is 16.4. The molecule has 1 saturated heterocycles. The Labute approximate surface area is 57.3 Å². The third-order valence-electron chi connectivity index (χ3n) is 1.32. The molecule has 1 aliphatic rings. The third kappa shape index (κ3) is 0.831. The summed E-state index contributed by atoms with van der Waals surface area (Å²) in [7, 11) is 0. The summed E-state index contributed by atoms with van der Waals surface area (Å²) in [5.74, 6) is 0. The van der Waals surface area contributed by atoms with E-state index in [0.717, 1.165) is 10.0 Å². The van der Waals surface area contributed by atoms with Crippen LogP contribution < -0.4 is 11.5 Å². The molecule has 0 aliphatic carbocycles. The summed E-state index contributed by atoms with van der Waals surface area (Å²) in [6, 6.07) is -1.30. The molecule has 6 heteroatoms. The van der Waals surface area contributed by atoms with Crippen molar-refractivity contribution in [1.82, 2.24) is 10.0 Å². The second-order valence-electron chi connectivity index (χ2n) is 1.92. The summed E-state index contributed by atoms with van der Waals surface area (Å²) in [6.45, 7) is 0.941. The molecule has 4 amide bonds. The van der Waals surface area contributed by atoms with Crippen molar-refractivity contribution in [2.75, 3.05) is 13.1 Å². The van der Waals surface area contributed by atoms with E-state index in [1.54, 1.807) is 0 Å². The van der Waals surface area contributed by atoms with Crippen LogP contribution in [0, 0.1) is 0 Å². The van der Waals surface area contributed by atoms with Gasteiger partial charge in [0.25, 0.3) is 0 Å². The van der Waals surface area contributed by atoms with Gasteiger partial charge < -0.3 is 11.5 Å². The van der Waals surface area contributed by atoms with Crippen LogP contribution in [0.5, 0.6) is 0 Å². The van der Waals surface area contributed by atoms with E-state index >= 15 is 0 Å². The molecule has 0 atom stereocenters. The van der Waals surface area contributed by atoms with Gasteiger partial charge in [0.15, 0.2) is 0 Å². The molecular weight excluding hydrogens is 136 g/mol. The molecular formula is C4H8N4O2. The lowest BCUT2D eigenvalue weighted by atomic mass is 10.4. The highest BCUT2D eigenvalue weighted by atomic mass is 16.2. The lowest BCUT2D eigenvalue weighted by molar-refractivity contribution is -0.0202. The molecule has 10 heavy (non-hydrogen) atoms. The minimum absolute atomic E-state index is 0.471. The maximum absolute atomic E-state index is 10.4. The largest absolute Gasteiger partial charge is 0.350 e. The molecule has 0 unspecified atom stereocenters. The number of hydrogen-bond donors (Lipinski definition) is 2. The highest BCUT2D eigenvalue weighted by molar-refractivity contribution is 5.79. The Morgan fingerprint density at radius 1 is 1.00 bits per heavy atom. The lowest BCUT2D eigenvalue weighted by Crippen LogP contribution is -2.64. The number of hydrazine groups is 1. The van der Waals surface area contributed by atoms with Crippen LogP contribution in [0.2, 0.25) is 0 Å². The van der Waals surface area contributed by atoms with E-state index in [2.05, 4.69) is 0 Å². The van der Waals surface area contributed by atoms with Gasteiger partial charge in [0, 0.05) is 0 Å². The van der Waals surface area contributed by atoms with Crippen molar-refractivity contribution >= 4 is 12.1 Å². The topological polar surface area (TPSA) is 92.7 Å². The summed E-state index contributed by atoms with van der Waals surface area (Å²) >= 11 is 0. The van der Waals surface area contributed by atoms with Crippen molar-refractivity contribution < 1.29 is 9.59 Å². The maximum atomic E-state index is 10.4. The van der Waals surface area contributed by atoms with Crippen molar-refractivity contribution in [3.8, 4) is 0 Å². The summed E-state index contributed by atoms with van der Waals surface area (Å²) < 4.78 is 0. The predicted octanol–water partition coefficient (Wildman–Crippen LogP) is -1.32. The van der Waals surface area contributed by atoms with Gasteiger partial charge >= 0.3 is 12.1 Å². The number of nitrogens with two attached hydrogens (primary N) is 2. The van der Waals surface area contributed by atoms with Crippen molar-refractivity contribution in [2.45, 2.75) is 0 Å². The van der Waals surface area contributed by atoms with Crippen molar-refractivity contribution in [2.24, 2.45) is 11.5 Å². The number of carbonyl (C=O) groups is 2. The van der Waals surface area contributed by atoms with Crippen molar-refractivity contribution in [1.29, 1.82) is 0 Å². The highest BCUT2D eigenvalue weighted by Crippen LogP contribution is 2.07.